The number of allylic oxidation sites excluding steroid dienone is 6. The van der Waals surface area contributed by atoms with E-state index in [2.05, 4.69) is 30.3 Å². The number of aryl methyl sites for hydroxylation is 1. The summed E-state index contributed by atoms with van der Waals surface area (Å²) in [5.41, 5.74) is 2.14. The van der Waals surface area contributed by atoms with Crippen LogP contribution in [-0.2, 0) is 0 Å². The third-order valence-corrected chi connectivity index (χ3v) is 4.54. The van der Waals surface area contributed by atoms with E-state index in [1.54, 1.807) is 0 Å². The van der Waals surface area contributed by atoms with Crippen LogP contribution in [0.5, 0.6) is 0 Å². The molecule has 0 heterocycles. The maximum absolute atomic E-state index is 9.77. The number of nitrogens with zero attached hydrogens (tertiary/aromatic N) is 2. The van der Waals surface area contributed by atoms with Crippen LogP contribution in [0.15, 0.2) is 60.2 Å². The zero-order valence-corrected chi connectivity index (χ0v) is 12.0. The lowest BCUT2D eigenvalue weighted by Crippen LogP contribution is -2.22. The minimum Gasteiger partial charge on any atom is -0.196 e. The summed E-state index contributed by atoms with van der Waals surface area (Å²) in [6.45, 7) is 2.04. The van der Waals surface area contributed by atoms with E-state index < -0.39 is 5.41 Å². The van der Waals surface area contributed by atoms with E-state index in [-0.39, 0.29) is 11.8 Å². The van der Waals surface area contributed by atoms with Crippen molar-refractivity contribution < 1.29 is 0 Å². The molecule has 0 amide bonds. The van der Waals surface area contributed by atoms with Crippen molar-refractivity contribution in [2.24, 2.45) is 11.3 Å². The number of hydrogen-bond acceptors (Lipinski definition) is 2. The average molecular weight is 272 g/mol. The van der Waals surface area contributed by atoms with Crippen LogP contribution in [-0.4, -0.2) is 0 Å². The molecule has 2 nitrogen and oxygen atoms in total. The van der Waals surface area contributed by atoms with Crippen molar-refractivity contribution in [3.63, 3.8) is 0 Å². The van der Waals surface area contributed by atoms with Gasteiger partial charge in [0.05, 0.1) is 12.1 Å². The van der Waals surface area contributed by atoms with Crippen molar-refractivity contribution in [1.82, 2.24) is 0 Å². The molecule has 2 aliphatic rings. The first kappa shape index (κ1) is 13.4. The van der Waals surface area contributed by atoms with Crippen LogP contribution < -0.4 is 0 Å². The molecule has 102 valence electrons. The maximum Gasteiger partial charge on any atom is 0.172 e. The summed E-state index contributed by atoms with van der Waals surface area (Å²) >= 11 is 0. The Balaban J connectivity index is 2.14. The van der Waals surface area contributed by atoms with Crippen molar-refractivity contribution >= 4 is 0 Å². The fraction of sp³-hybridized carbons (Fsp3) is 0.263. The molecule has 0 aromatic heterocycles. The third kappa shape index (κ3) is 2.01. The van der Waals surface area contributed by atoms with Crippen LogP contribution in [0.4, 0.5) is 0 Å². The van der Waals surface area contributed by atoms with E-state index in [1.807, 2.05) is 43.4 Å². The molecule has 2 aliphatic carbocycles. The molecule has 0 spiro atoms. The first-order valence-electron chi connectivity index (χ1n) is 7.16. The van der Waals surface area contributed by atoms with Crippen molar-refractivity contribution in [2.75, 3.05) is 0 Å². The predicted octanol–water partition coefficient (Wildman–Crippen LogP) is 4.18. The number of benzene rings is 1. The van der Waals surface area contributed by atoms with Gasteiger partial charge in [0.15, 0.2) is 5.41 Å². The summed E-state index contributed by atoms with van der Waals surface area (Å²) in [5.74, 6) is 0.103. The summed E-state index contributed by atoms with van der Waals surface area (Å²) in [5, 5.41) is 19.5. The Morgan fingerprint density at radius 2 is 1.76 bits per heavy atom. The number of fused-ring (bicyclic) bond motifs is 1. The van der Waals surface area contributed by atoms with Gasteiger partial charge in [-0.05, 0) is 24.5 Å². The Morgan fingerprint density at radius 3 is 2.43 bits per heavy atom. The molecule has 0 saturated heterocycles. The standard InChI is InChI=1S/C19H16N2/c1-14-7-9-15(10-8-14)18-11-16-5-3-2-4-6-17(16)19(18,12-20)13-21/h2-10,16,18H,11H2,1H3. The second kappa shape index (κ2) is 5.08. The highest BCUT2D eigenvalue weighted by Gasteiger charge is 2.52. The van der Waals surface area contributed by atoms with Crippen LogP contribution in [0.1, 0.15) is 23.5 Å². The van der Waals surface area contributed by atoms with Gasteiger partial charge in [0.2, 0.25) is 0 Å². The van der Waals surface area contributed by atoms with Gasteiger partial charge < -0.3 is 0 Å². The van der Waals surface area contributed by atoms with Crippen molar-refractivity contribution in [1.29, 1.82) is 10.5 Å². The summed E-state index contributed by atoms with van der Waals surface area (Å²) in [7, 11) is 0. The molecule has 0 aliphatic heterocycles. The van der Waals surface area contributed by atoms with Gasteiger partial charge in [-0.15, -0.1) is 0 Å². The van der Waals surface area contributed by atoms with Crippen LogP contribution in [0.2, 0.25) is 0 Å². The first-order chi connectivity index (χ1) is 10.2. The van der Waals surface area contributed by atoms with E-state index in [4.69, 9.17) is 0 Å². The molecule has 2 heteroatoms. The topological polar surface area (TPSA) is 47.6 Å². The maximum atomic E-state index is 9.77. The summed E-state index contributed by atoms with van der Waals surface area (Å²) in [6.07, 6.45) is 10.7. The van der Waals surface area contributed by atoms with E-state index in [1.165, 1.54) is 5.56 Å². The van der Waals surface area contributed by atoms with Crippen molar-refractivity contribution in [3.05, 3.63) is 71.3 Å². The quantitative estimate of drug-likeness (QED) is 0.769. The zero-order valence-electron chi connectivity index (χ0n) is 12.0. The van der Waals surface area contributed by atoms with Gasteiger partial charge in [0.25, 0.3) is 0 Å². The lowest BCUT2D eigenvalue weighted by molar-refractivity contribution is 0.531. The second-order valence-corrected chi connectivity index (χ2v) is 5.73. The highest BCUT2D eigenvalue weighted by Crippen LogP contribution is 2.55. The normalized spacial score (nSPS) is 25.4. The van der Waals surface area contributed by atoms with Gasteiger partial charge in [0.1, 0.15) is 0 Å². The third-order valence-electron chi connectivity index (χ3n) is 4.54. The van der Waals surface area contributed by atoms with Crippen molar-refractivity contribution in [2.45, 2.75) is 19.3 Å². The minimum atomic E-state index is -1.06. The molecule has 0 bridgehead atoms. The van der Waals surface area contributed by atoms with Crippen LogP contribution in [0.25, 0.3) is 0 Å². The average Bonchev–Trinajstić information content (AvgIpc) is 2.65. The van der Waals surface area contributed by atoms with Gasteiger partial charge in [0, 0.05) is 11.8 Å². The monoisotopic (exact) mass is 272 g/mol. The number of hydrogen-bond donors (Lipinski definition) is 0. The van der Waals surface area contributed by atoms with Crippen LogP contribution in [0.3, 0.4) is 0 Å². The molecule has 1 aromatic rings. The van der Waals surface area contributed by atoms with Gasteiger partial charge >= 0.3 is 0 Å². The zero-order chi connectivity index (χ0) is 14.9. The summed E-state index contributed by atoms with van der Waals surface area (Å²) in [6, 6.07) is 12.8. The molecule has 2 unspecified atom stereocenters. The molecule has 21 heavy (non-hydrogen) atoms. The largest absolute Gasteiger partial charge is 0.196 e. The SMILES string of the molecule is Cc1ccc(C2CC3C=CC=CC=C3C2(C#N)C#N)cc1. The lowest BCUT2D eigenvalue weighted by Gasteiger charge is -2.23. The van der Waals surface area contributed by atoms with Gasteiger partial charge in [-0.1, -0.05) is 60.2 Å². The summed E-state index contributed by atoms with van der Waals surface area (Å²) < 4.78 is 0. The van der Waals surface area contributed by atoms with Crippen LogP contribution >= 0.6 is 0 Å². The highest BCUT2D eigenvalue weighted by molar-refractivity contribution is 5.50. The summed E-state index contributed by atoms with van der Waals surface area (Å²) in [4.78, 5) is 0. The van der Waals surface area contributed by atoms with E-state index in [9.17, 15) is 10.5 Å². The fourth-order valence-corrected chi connectivity index (χ4v) is 3.41. The Labute approximate surface area is 125 Å². The second-order valence-electron chi connectivity index (χ2n) is 5.73. The van der Waals surface area contributed by atoms with E-state index in [0.717, 1.165) is 17.6 Å². The molecular formula is C19H16N2. The molecule has 1 aromatic carbocycles. The molecule has 0 radical (unpaired) electrons. The Bertz CT molecular complexity index is 706. The highest BCUT2D eigenvalue weighted by atomic mass is 14.5. The number of rotatable bonds is 1. The first-order valence-corrected chi connectivity index (χ1v) is 7.16. The Morgan fingerprint density at radius 1 is 1.05 bits per heavy atom. The molecule has 1 fully saturated rings. The van der Waals surface area contributed by atoms with Gasteiger partial charge in [-0.3, -0.25) is 0 Å². The Kier molecular flexibility index (Phi) is 3.24. The van der Waals surface area contributed by atoms with Gasteiger partial charge in [-0.2, -0.15) is 10.5 Å². The van der Waals surface area contributed by atoms with E-state index in [0.29, 0.717) is 0 Å². The molecule has 3 rings (SSSR count). The number of nitriles is 2. The molecule has 2 atom stereocenters. The lowest BCUT2D eigenvalue weighted by atomic mass is 9.74. The smallest absolute Gasteiger partial charge is 0.172 e. The molecule has 1 saturated carbocycles. The Hall–Kier alpha value is -2.58. The molecule has 0 N–H and O–H groups in total. The molecular weight excluding hydrogens is 256 g/mol. The van der Waals surface area contributed by atoms with Gasteiger partial charge in [-0.25, -0.2) is 0 Å². The van der Waals surface area contributed by atoms with Crippen molar-refractivity contribution in [3.8, 4) is 12.1 Å². The minimum absolute atomic E-state index is 0.0690. The fourth-order valence-electron chi connectivity index (χ4n) is 3.41. The van der Waals surface area contributed by atoms with Crippen LogP contribution in [0, 0.1) is 40.9 Å². The predicted molar refractivity (Wildman–Crippen MR) is 82.0 cm³/mol. The van der Waals surface area contributed by atoms with E-state index >= 15 is 0 Å².